The summed E-state index contributed by atoms with van der Waals surface area (Å²) in [5.74, 6) is 3.15. The van der Waals surface area contributed by atoms with Crippen LogP contribution in [0.15, 0.2) is 0 Å². The van der Waals surface area contributed by atoms with Crippen LogP contribution in [0.4, 0.5) is 0 Å². The molecule has 0 aromatic carbocycles. The number of rotatable bonds is 8. The Labute approximate surface area is 364 Å². The Bertz CT molecular complexity index is 1550. The van der Waals surface area contributed by atoms with Gasteiger partial charge >= 0.3 is 0 Å². The van der Waals surface area contributed by atoms with Crippen molar-refractivity contribution in [1.82, 2.24) is 0 Å². The molecule has 5 saturated heterocycles. The molecule has 17 heteroatoms. The molecule has 0 aromatic heterocycles. The van der Waals surface area contributed by atoms with Crippen molar-refractivity contribution in [1.29, 1.82) is 0 Å². The van der Waals surface area contributed by atoms with Gasteiger partial charge in [-0.15, -0.1) is 0 Å². The minimum atomic E-state index is -1.81. The molecule has 4 saturated carbocycles. The first kappa shape index (κ1) is 46.4. The molecule has 0 amide bonds. The van der Waals surface area contributed by atoms with E-state index >= 15 is 0 Å². The lowest BCUT2D eigenvalue weighted by Crippen LogP contribution is -2.67. The molecule has 5 heterocycles. The molecule has 9 N–H and O–H groups in total. The molecule has 17 nitrogen and oxygen atoms in total. The van der Waals surface area contributed by atoms with Gasteiger partial charge in [-0.05, 0) is 111 Å². The van der Waals surface area contributed by atoms with Gasteiger partial charge in [0.05, 0.1) is 38.1 Å². The molecule has 1 spiro atoms. The Morgan fingerprint density at radius 3 is 1.94 bits per heavy atom. The van der Waals surface area contributed by atoms with E-state index in [0.717, 1.165) is 51.6 Å². The Kier molecular flexibility index (Phi) is 13.1. The number of fused-ring (bicyclic) bond motifs is 7. The van der Waals surface area contributed by atoms with Crippen LogP contribution in [0.25, 0.3) is 0 Å². The first-order valence-electron chi connectivity index (χ1n) is 23.7. The van der Waals surface area contributed by atoms with Crippen molar-refractivity contribution in [3.63, 3.8) is 0 Å². The lowest BCUT2D eigenvalue weighted by Gasteiger charge is -2.61. The maximum absolute atomic E-state index is 12.0. The van der Waals surface area contributed by atoms with Crippen molar-refractivity contribution in [3.05, 3.63) is 0 Å². The summed E-state index contributed by atoms with van der Waals surface area (Å²) >= 11 is 0. The van der Waals surface area contributed by atoms with E-state index in [9.17, 15) is 46.0 Å². The molecule has 4 aliphatic carbocycles. The first-order valence-corrected chi connectivity index (χ1v) is 23.7. The topological polar surface area (TPSA) is 256 Å². The van der Waals surface area contributed by atoms with Crippen LogP contribution in [0.3, 0.4) is 0 Å². The molecule has 0 unspecified atom stereocenters. The summed E-state index contributed by atoms with van der Waals surface area (Å²) < 4.78 is 50.0. The van der Waals surface area contributed by atoms with Crippen molar-refractivity contribution < 1.29 is 83.9 Å². The Balaban J connectivity index is 0.902. The van der Waals surface area contributed by atoms with Gasteiger partial charge in [-0.1, -0.05) is 27.7 Å². The lowest BCUT2D eigenvalue weighted by atomic mass is 9.44. The number of aliphatic hydroxyl groups excluding tert-OH is 9. The van der Waals surface area contributed by atoms with E-state index in [1.807, 2.05) is 0 Å². The number of aliphatic hydroxyl groups is 9. The van der Waals surface area contributed by atoms with E-state index in [2.05, 4.69) is 27.7 Å². The van der Waals surface area contributed by atoms with Gasteiger partial charge in [0.1, 0.15) is 67.1 Å². The Hall–Kier alpha value is -0.680. The van der Waals surface area contributed by atoms with Crippen LogP contribution in [0, 0.1) is 52.3 Å². The first-order chi connectivity index (χ1) is 29.4. The standard InChI is InChI=1S/C45H74O17/c1-19-8-13-45(55-18-19)20(2)30-27(62-45)15-26-24-7-6-22-14-23(9-11-43(22,4)25(24)10-12-44(26,30)5)57-42-39(61-41-36(53)34(51)32(49)28(16-46)58-41)37(54)38(29(17-47)59-42)60-40-35(52)33(50)31(48)21(3)56-40/h19-42,46-54H,6-18H2,1-5H3/t19-,20-,21+,22+,23-,24+,25-,26-,27-,28+,29+,30-,31-,32-,33+,34-,35+,36+,37-,38-,39+,40-,41-,42-,43-,44-,45+/m0/s1. The van der Waals surface area contributed by atoms with E-state index in [0.29, 0.717) is 47.8 Å². The molecule has 0 radical (unpaired) electrons. The van der Waals surface area contributed by atoms with Gasteiger partial charge in [-0.3, -0.25) is 0 Å². The molecular weight excluding hydrogens is 812 g/mol. The van der Waals surface area contributed by atoms with Gasteiger partial charge in [-0.25, -0.2) is 0 Å². The summed E-state index contributed by atoms with van der Waals surface area (Å²) in [5.41, 5.74) is 0.311. The monoisotopic (exact) mass is 886 g/mol. The smallest absolute Gasteiger partial charge is 0.187 e. The highest BCUT2D eigenvalue weighted by Gasteiger charge is 2.69. The van der Waals surface area contributed by atoms with Gasteiger partial charge in [0.25, 0.3) is 0 Å². The summed E-state index contributed by atoms with van der Waals surface area (Å²) in [6.07, 6.45) is -12.7. The van der Waals surface area contributed by atoms with Crippen LogP contribution in [0.1, 0.15) is 98.8 Å². The predicted molar refractivity (Wildman–Crippen MR) is 214 cm³/mol. The maximum atomic E-state index is 12.0. The zero-order valence-corrected chi connectivity index (χ0v) is 36.8. The largest absolute Gasteiger partial charge is 0.394 e. The van der Waals surface area contributed by atoms with Gasteiger partial charge in [-0.2, -0.15) is 0 Å². The van der Waals surface area contributed by atoms with Crippen LogP contribution >= 0.6 is 0 Å². The zero-order chi connectivity index (χ0) is 44.2. The second kappa shape index (κ2) is 17.4. The number of ether oxygens (including phenoxy) is 8. The number of hydrogen-bond donors (Lipinski definition) is 9. The third-order valence-corrected chi connectivity index (χ3v) is 18.2. The zero-order valence-electron chi connectivity index (χ0n) is 36.8. The third-order valence-electron chi connectivity index (χ3n) is 18.2. The highest BCUT2D eigenvalue weighted by molar-refractivity contribution is 5.15. The minimum absolute atomic E-state index is 0.0972. The average Bonchev–Trinajstić information content (AvgIpc) is 3.70. The molecule has 5 aliphatic heterocycles. The van der Waals surface area contributed by atoms with E-state index < -0.39 is 111 Å². The SMILES string of the molecule is C[C@H]1CC[C@@]2(OC1)O[C@H]1C[C@H]3[C@@H]4CC[C@@H]5C[C@@H](O[C@H]6O[C@H](CO)[C@H](O[C@@H]7O[C@H](C)[C@H](O)[C@@H](O)[C@H]7O)[C@H](O)[C@H]6O[C@@H]6O[C@H](CO)[C@H](O)[C@H](O)[C@H]6O)CC[C@]5(C)[C@H]4CC[C@]3(C)[C@H]1[C@@H]2C. The molecule has 9 fully saturated rings. The van der Waals surface area contributed by atoms with E-state index in [-0.39, 0.29) is 23.0 Å². The van der Waals surface area contributed by atoms with Crippen LogP contribution in [0.5, 0.6) is 0 Å². The summed E-state index contributed by atoms with van der Waals surface area (Å²) in [5, 5.41) is 95.9. The molecular formula is C45H74O17. The second-order valence-electron chi connectivity index (χ2n) is 21.5. The van der Waals surface area contributed by atoms with E-state index in [1.54, 1.807) is 0 Å². The molecule has 9 aliphatic rings. The quantitative estimate of drug-likeness (QED) is 0.149. The summed E-state index contributed by atoms with van der Waals surface area (Å²) in [7, 11) is 0. The van der Waals surface area contributed by atoms with E-state index in [1.165, 1.54) is 19.8 Å². The van der Waals surface area contributed by atoms with Crippen LogP contribution < -0.4 is 0 Å². The highest BCUT2D eigenvalue weighted by Crippen LogP contribution is 2.71. The minimum Gasteiger partial charge on any atom is -0.394 e. The lowest BCUT2D eigenvalue weighted by molar-refractivity contribution is -0.391. The third kappa shape index (κ3) is 7.56. The molecule has 0 bridgehead atoms. The normalized spacial score (nSPS) is 58.9. The molecule has 27 atom stereocenters. The van der Waals surface area contributed by atoms with Crippen molar-refractivity contribution >= 4 is 0 Å². The van der Waals surface area contributed by atoms with Crippen LogP contribution in [-0.2, 0) is 37.9 Å². The van der Waals surface area contributed by atoms with Gasteiger partial charge < -0.3 is 83.9 Å². The molecule has 356 valence electrons. The Morgan fingerprint density at radius 2 is 1.24 bits per heavy atom. The second-order valence-corrected chi connectivity index (χ2v) is 21.5. The fourth-order valence-corrected chi connectivity index (χ4v) is 14.6. The van der Waals surface area contributed by atoms with Crippen LogP contribution in [0.2, 0.25) is 0 Å². The van der Waals surface area contributed by atoms with Crippen LogP contribution in [-0.4, -0.2) is 176 Å². The van der Waals surface area contributed by atoms with E-state index in [4.69, 9.17) is 37.9 Å². The Morgan fingerprint density at radius 1 is 0.581 bits per heavy atom. The van der Waals surface area contributed by atoms with Gasteiger partial charge in [0.15, 0.2) is 24.7 Å². The molecule has 62 heavy (non-hydrogen) atoms. The average molecular weight is 887 g/mol. The molecule has 0 aromatic rings. The van der Waals surface area contributed by atoms with Crippen molar-refractivity contribution in [3.8, 4) is 0 Å². The van der Waals surface area contributed by atoms with Crippen molar-refractivity contribution in [2.45, 2.75) is 209 Å². The fraction of sp³-hybridized carbons (Fsp3) is 1.00. The summed E-state index contributed by atoms with van der Waals surface area (Å²) in [6.45, 7) is 10.6. The summed E-state index contributed by atoms with van der Waals surface area (Å²) in [6, 6.07) is 0. The fourth-order valence-electron chi connectivity index (χ4n) is 14.6. The van der Waals surface area contributed by atoms with Crippen molar-refractivity contribution in [2.75, 3.05) is 19.8 Å². The molecule has 9 rings (SSSR count). The highest BCUT2D eigenvalue weighted by atomic mass is 16.8. The summed E-state index contributed by atoms with van der Waals surface area (Å²) in [4.78, 5) is 0. The van der Waals surface area contributed by atoms with Gasteiger partial charge in [0, 0.05) is 12.3 Å². The van der Waals surface area contributed by atoms with Gasteiger partial charge in [0.2, 0.25) is 0 Å². The maximum Gasteiger partial charge on any atom is 0.187 e. The predicted octanol–water partition coefficient (Wildman–Crippen LogP) is 0.294. The van der Waals surface area contributed by atoms with Crippen molar-refractivity contribution in [2.24, 2.45) is 52.3 Å². The number of hydrogen-bond acceptors (Lipinski definition) is 17.